The van der Waals surface area contributed by atoms with E-state index in [1.54, 1.807) is 30.3 Å². The standard InChI is InChI=1S/C16H25BrN4OS.HI/c1-20(2)15(22)10-18-16(19-12-6-4-5-7-12)21(3)11-13-8-9-14(17)23-13;/h8-9,12H,4-7,10-11H2,1-3H3,(H,18,19);1H. The zero-order valence-electron chi connectivity index (χ0n) is 14.4. The maximum atomic E-state index is 11.8. The summed E-state index contributed by atoms with van der Waals surface area (Å²) in [6, 6.07) is 4.65. The number of carbonyl (C=O) groups excluding carboxylic acids is 1. The van der Waals surface area contributed by atoms with E-state index in [0.717, 1.165) is 16.3 Å². The highest BCUT2D eigenvalue weighted by Gasteiger charge is 2.19. The van der Waals surface area contributed by atoms with Gasteiger partial charge in [0.15, 0.2) is 5.96 Å². The summed E-state index contributed by atoms with van der Waals surface area (Å²) in [7, 11) is 5.54. The van der Waals surface area contributed by atoms with Gasteiger partial charge in [0, 0.05) is 32.1 Å². The third-order valence-electron chi connectivity index (χ3n) is 3.93. The second-order valence-electron chi connectivity index (χ2n) is 6.12. The molecule has 1 fully saturated rings. The highest BCUT2D eigenvalue weighted by atomic mass is 127. The van der Waals surface area contributed by atoms with Gasteiger partial charge in [-0.25, -0.2) is 4.99 Å². The SMILES string of the molecule is CN(C)C(=O)CN=C(NC1CCCC1)N(C)Cc1ccc(Br)s1.I. The van der Waals surface area contributed by atoms with Crippen LogP contribution in [0.5, 0.6) is 0 Å². The molecular formula is C16H26BrIN4OS. The minimum atomic E-state index is 0. The number of nitrogens with zero attached hydrogens (tertiary/aromatic N) is 3. The molecule has 2 rings (SSSR count). The largest absolute Gasteiger partial charge is 0.353 e. The minimum Gasteiger partial charge on any atom is -0.353 e. The van der Waals surface area contributed by atoms with Crippen molar-refractivity contribution in [2.24, 2.45) is 4.99 Å². The molecule has 0 unspecified atom stereocenters. The highest BCUT2D eigenvalue weighted by Crippen LogP contribution is 2.23. The van der Waals surface area contributed by atoms with Crippen molar-refractivity contribution in [2.75, 3.05) is 27.7 Å². The van der Waals surface area contributed by atoms with Gasteiger partial charge < -0.3 is 15.1 Å². The van der Waals surface area contributed by atoms with Gasteiger partial charge in [-0.2, -0.15) is 0 Å². The lowest BCUT2D eigenvalue weighted by atomic mass is 10.2. The Kier molecular flexibility index (Phi) is 9.58. The molecule has 1 aromatic rings. The molecule has 1 saturated carbocycles. The molecule has 1 aliphatic rings. The van der Waals surface area contributed by atoms with Crippen LogP contribution in [-0.4, -0.2) is 55.4 Å². The van der Waals surface area contributed by atoms with E-state index in [0.29, 0.717) is 6.04 Å². The Labute approximate surface area is 174 Å². The van der Waals surface area contributed by atoms with Crippen molar-refractivity contribution in [2.45, 2.75) is 38.3 Å². The Balaban J connectivity index is 0.00000288. The van der Waals surface area contributed by atoms with Gasteiger partial charge in [-0.05, 0) is 40.9 Å². The van der Waals surface area contributed by atoms with Crippen LogP contribution in [0.4, 0.5) is 0 Å². The second-order valence-corrected chi connectivity index (χ2v) is 8.66. The fourth-order valence-corrected chi connectivity index (χ4v) is 4.10. The molecule has 0 aromatic carbocycles. The molecule has 24 heavy (non-hydrogen) atoms. The van der Waals surface area contributed by atoms with Gasteiger partial charge in [0.05, 0.1) is 10.3 Å². The molecule has 0 saturated heterocycles. The van der Waals surface area contributed by atoms with Crippen LogP contribution in [0.15, 0.2) is 20.9 Å². The quantitative estimate of drug-likeness (QED) is 0.361. The summed E-state index contributed by atoms with van der Waals surface area (Å²) in [5, 5.41) is 3.54. The van der Waals surface area contributed by atoms with E-state index in [4.69, 9.17) is 0 Å². The zero-order chi connectivity index (χ0) is 16.8. The van der Waals surface area contributed by atoms with Crippen molar-refractivity contribution in [3.8, 4) is 0 Å². The van der Waals surface area contributed by atoms with Gasteiger partial charge in [-0.1, -0.05) is 12.8 Å². The highest BCUT2D eigenvalue weighted by molar-refractivity contribution is 14.0. The average molecular weight is 529 g/mol. The van der Waals surface area contributed by atoms with Gasteiger partial charge in [0.2, 0.25) is 5.91 Å². The van der Waals surface area contributed by atoms with Crippen LogP contribution in [0, 0.1) is 0 Å². The molecule has 0 spiro atoms. The number of rotatable bonds is 5. The van der Waals surface area contributed by atoms with Crippen LogP contribution in [0.1, 0.15) is 30.6 Å². The van der Waals surface area contributed by atoms with E-state index >= 15 is 0 Å². The van der Waals surface area contributed by atoms with Gasteiger partial charge in [0.1, 0.15) is 6.54 Å². The fraction of sp³-hybridized carbons (Fsp3) is 0.625. The lowest BCUT2D eigenvalue weighted by Gasteiger charge is -2.25. The van der Waals surface area contributed by atoms with Crippen LogP contribution >= 0.6 is 51.2 Å². The van der Waals surface area contributed by atoms with Crippen molar-refractivity contribution >= 4 is 63.1 Å². The predicted octanol–water partition coefficient (Wildman–Crippen LogP) is 3.54. The summed E-state index contributed by atoms with van der Waals surface area (Å²) in [5.74, 6) is 0.833. The van der Waals surface area contributed by atoms with Crippen LogP contribution in [0.25, 0.3) is 0 Å². The first-order chi connectivity index (χ1) is 11.0. The summed E-state index contributed by atoms with van der Waals surface area (Å²) in [6.45, 7) is 0.964. The van der Waals surface area contributed by atoms with Crippen molar-refractivity contribution in [3.05, 3.63) is 20.8 Å². The number of amides is 1. The molecule has 0 aliphatic heterocycles. The van der Waals surface area contributed by atoms with E-state index < -0.39 is 0 Å². The summed E-state index contributed by atoms with van der Waals surface area (Å²) >= 11 is 5.22. The summed E-state index contributed by atoms with van der Waals surface area (Å²) in [5.41, 5.74) is 0. The summed E-state index contributed by atoms with van der Waals surface area (Å²) in [6.07, 6.45) is 4.89. The Hall–Kier alpha value is -0.350. The molecule has 1 aliphatic carbocycles. The first kappa shape index (κ1) is 21.7. The van der Waals surface area contributed by atoms with Crippen LogP contribution in [-0.2, 0) is 11.3 Å². The van der Waals surface area contributed by atoms with Gasteiger partial charge in [-0.3, -0.25) is 4.79 Å². The topological polar surface area (TPSA) is 47.9 Å². The van der Waals surface area contributed by atoms with Gasteiger partial charge in [-0.15, -0.1) is 35.3 Å². The zero-order valence-corrected chi connectivity index (χ0v) is 19.2. The van der Waals surface area contributed by atoms with E-state index in [2.05, 4.69) is 43.3 Å². The van der Waals surface area contributed by atoms with Crippen molar-refractivity contribution in [1.82, 2.24) is 15.1 Å². The van der Waals surface area contributed by atoms with E-state index in [1.165, 1.54) is 30.6 Å². The molecule has 1 amide bonds. The molecule has 0 atom stereocenters. The van der Waals surface area contributed by atoms with Crippen LogP contribution in [0.3, 0.4) is 0 Å². The number of thiophene rings is 1. The van der Waals surface area contributed by atoms with Crippen molar-refractivity contribution in [3.63, 3.8) is 0 Å². The molecule has 1 N–H and O–H groups in total. The first-order valence-corrected chi connectivity index (χ1v) is 9.53. The molecule has 1 heterocycles. The van der Waals surface area contributed by atoms with E-state index in [1.807, 2.05) is 7.05 Å². The molecule has 1 aromatic heterocycles. The Morgan fingerprint density at radius 2 is 2.00 bits per heavy atom. The van der Waals surface area contributed by atoms with Crippen molar-refractivity contribution in [1.29, 1.82) is 0 Å². The number of likely N-dealkylation sites (N-methyl/N-ethyl adjacent to an activating group) is 1. The molecule has 0 radical (unpaired) electrons. The van der Waals surface area contributed by atoms with Crippen molar-refractivity contribution < 1.29 is 4.79 Å². The lowest BCUT2D eigenvalue weighted by molar-refractivity contribution is -0.127. The number of guanidine groups is 1. The third-order valence-corrected chi connectivity index (χ3v) is 5.54. The molecular weight excluding hydrogens is 503 g/mol. The normalized spacial score (nSPS) is 15.1. The van der Waals surface area contributed by atoms with E-state index in [9.17, 15) is 4.79 Å². The Morgan fingerprint density at radius 1 is 1.33 bits per heavy atom. The third kappa shape index (κ3) is 6.87. The Bertz CT molecular complexity index is 558. The second kappa shape index (κ2) is 10.6. The molecule has 136 valence electrons. The maximum absolute atomic E-state index is 11.8. The smallest absolute Gasteiger partial charge is 0.243 e. The fourth-order valence-electron chi connectivity index (χ4n) is 2.56. The number of hydrogen-bond acceptors (Lipinski definition) is 3. The summed E-state index contributed by atoms with van der Waals surface area (Å²) < 4.78 is 1.13. The maximum Gasteiger partial charge on any atom is 0.243 e. The molecule has 8 heteroatoms. The first-order valence-electron chi connectivity index (χ1n) is 7.92. The average Bonchev–Trinajstić information content (AvgIpc) is 3.14. The van der Waals surface area contributed by atoms with Crippen LogP contribution in [0.2, 0.25) is 0 Å². The lowest BCUT2D eigenvalue weighted by Crippen LogP contribution is -2.43. The number of hydrogen-bond donors (Lipinski definition) is 1. The predicted molar refractivity (Wildman–Crippen MR) is 115 cm³/mol. The van der Waals surface area contributed by atoms with Crippen LogP contribution < -0.4 is 5.32 Å². The number of carbonyl (C=O) groups is 1. The number of nitrogens with one attached hydrogen (secondary N) is 1. The number of halogens is 2. The monoisotopic (exact) mass is 528 g/mol. The molecule has 0 bridgehead atoms. The van der Waals surface area contributed by atoms with E-state index in [-0.39, 0.29) is 36.4 Å². The minimum absolute atomic E-state index is 0. The molecule has 5 nitrogen and oxygen atoms in total. The Morgan fingerprint density at radius 3 is 2.54 bits per heavy atom. The summed E-state index contributed by atoms with van der Waals surface area (Å²) in [4.78, 5) is 21.3. The van der Waals surface area contributed by atoms with Gasteiger partial charge in [0.25, 0.3) is 0 Å². The number of aliphatic imine (C=N–C) groups is 1. The van der Waals surface area contributed by atoms with Gasteiger partial charge >= 0.3 is 0 Å².